The summed E-state index contributed by atoms with van der Waals surface area (Å²) in [6, 6.07) is 11.1. The predicted molar refractivity (Wildman–Crippen MR) is 66.2 cm³/mol. The van der Waals surface area contributed by atoms with Crippen LogP contribution in [0.2, 0.25) is 0 Å². The molecule has 4 heteroatoms. The van der Waals surface area contributed by atoms with Crippen LogP contribution in [-0.2, 0) is 6.54 Å². The van der Waals surface area contributed by atoms with E-state index in [0.717, 1.165) is 0 Å². The van der Waals surface area contributed by atoms with Crippen molar-refractivity contribution >= 4 is 11.4 Å². The number of aromatic hydroxyl groups is 1. The molecule has 2 aromatic rings. The van der Waals surface area contributed by atoms with Crippen molar-refractivity contribution in [3.63, 3.8) is 0 Å². The minimum Gasteiger partial charge on any atom is -0.508 e. The van der Waals surface area contributed by atoms with Gasteiger partial charge in [-0.1, -0.05) is 12.1 Å². The maximum absolute atomic E-state index is 12.9. The van der Waals surface area contributed by atoms with Gasteiger partial charge in [0.05, 0.1) is 0 Å². The fourth-order valence-electron chi connectivity index (χ4n) is 1.57. The molecule has 4 N–H and O–H groups in total. The Morgan fingerprint density at radius 2 is 1.94 bits per heavy atom. The Hall–Kier alpha value is -2.23. The minimum atomic E-state index is -0.305. The Morgan fingerprint density at radius 3 is 2.65 bits per heavy atom. The second kappa shape index (κ2) is 4.74. The van der Waals surface area contributed by atoms with Crippen molar-refractivity contribution in [1.82, 2.24) is 0 Å². The smallest absolute Gasteiger partial charge is 0.125 e. The van der Waals surface area contributed by atoms with Gasteiger partial charge in [0.2, 0.25) is 0 Å². The molecule has 0 fully saturated rings. The molecule has 0 unspecified atom stereocenters. The third kappa shape index (κ3) is 2.66. The van der Waals surface area contributed by atoms with E-state index in [2.05, 4.69) is 5.32 Å². The molecule has 0 aliphatic carbocycles. The highest BCUT2D eigenvalue weighted by Gasteiger charge is 2.04. The van der Waals surface area contributed by atoms with E-state index in [0.29, 0.717) is 23.5 Å². The lowest BCUT2D eigenvalue weighted by Gasteiger charge is -2.10. The Kier molecular flexibility index (Phi) is 3.14. The molecule has 17 heavy (non-hydrogen) atoms. The van der Waals surface area contributed by atoms with Gasteiger partial charge in [-0.15, -0.1) is 0 Å². The van der Waals surface area contributed by atoms with Crippen LogP contribution >= 0.6 is 0 Å². The van der Waals surface area contributed by atoms with Gasteiger partial charge in [0, 0.05) is 23.5 Å². The molecule has 3 nitrogen and oxygen atoms in total. The van der Waals surface area contributed by atoms with Gasteiger partial charge in [-0.2, -0.15) is 0 Å². The van der Waals surface area contributed by atoms with E-state index in [9.17, 15) is 9.50 Å². The van der Waals surface area contributed by atoms with Crippen molar-refractivity contribution < 1.29 is 9.50 Å². The molecule has 0 radical (unpaired) electrons. The van der Waals surface area contributed by atoms with Gasteiger partial charge in [-0.3, -0.25) is 0 Å². The molecule has 0 atom stereocenters. The van der Waals surface area contributed by atoms with Crippen LogP contribution in [0.3, 0.4) is 0 Å². The van der Waals surface area contributed by atoms with Crippen LogP contribution in [0.1, 0.15) is 5.56 Å². The van der Waals surface area contributed by atoms with Gasteiger partial charge in [0.1, 0.15) is 11.6 Å². The normalized spacial score (nSPS) is 10.2. The summed E-state index contributed by atoms with van der Waals surface area (Å²) in [5, 5.41) is 12.6. The van der Waals surface area contributed by atoms with E-state index in [1.165, 1.54) is 12.1 Å². The van der Waals surface area contributed by atoms with E-state index in [1.807, 2.05) is 0 Å². The molecule has 0 aliphatic heterocycles. The summed E-state index contributed by atoms with van der Waals surface area (Å²) in [5.74, 6) is -0.172. The van der Waals surface area contributed by atoms with Gasteiger partial charge in [-0.05, 0) is 30.3 Å². The van der Waals surface area contributed by atoms with Gasteiger partial charge in [0.15, 0.2) is 0 Å². The summed E-state index contributed by atoms with van der Waals surface area (Å²) in [5.41, 5.74) is 7.50. The average Bonchev–Trinajstić information content (AvgIpc) is 2.28. The van der Waals surface area contributed by atoms with Crippen LogP contribution in [0.15, 0.2) is 42.5 Å². The number of anilines is 2. The monoisotopic (exact) mass is 232 g/mol. The highest BCUT2D eigenvalue weighted by atomic mass is 19.1. The molecular weight excluding hydrogens is 219 g/mol. The molecule has 0 aromatic heterocycles. The molecule has 88 valence electrons. The first-order valence-electron chi connectivity index (χ1n) is 5.22. The molecule has 0 bridgehead atoms. The maximum Gasteiger partial charge on any atom is 0.125 e. The lowest BCUT2D eigenvalue weighted by atomic mass is 10.1. The average molecular weight is 232 g/mol. The maximum atomic E-state index is 12.9. The minimum absolute atomic E-state index is 0.133. The molecule has 2 aromatic carbocycles. The van der Waals surface area contributed by atoms with Crippen LogP contribution in [-0.4, -0.2) is 5.11 Å². The third-order valence-corrected chi connectivity index (χ3v) is 2.48. The van der Waals surface area contributed by atoms with Crippen LogP contribution in [0.5, 0.6) is 5.75 Å². The summed E-state index contributed by atoms with van der Waals surface area (Å²) in [4.78, 5) is 0. The fourth-order valence-corrected chi connectivity index (χ4v) is 1.57. The number of hydrogen-bond acceptors (Lipinski definition) is 3. The summed E-state index contributed by atoms with van der Waals surface area (Å²) >= 11 is 0. The first kappa shape index (κ1) is 11.3. The molecular formula is C13H13FN2O. The molecule has 0 amide bonds. The second-order valence-electron chi connectivity index (χ2n) is 3.71. The number of hydrogen-bond donors (Lipinski definition) is 3. The number of phenolic OH excluding ortho intramolecular Hbond substituents is 1. The van der Waals surface area contributed by atoms with Crippen LogP contribution in [0.4, 0.5) is 15.8 Å². The van der Waals surface area contributed by atoms with E-state index < -0.39 is 0 Å². The molecule has 2 rings (SSSR count). The number of nitrogen functional groups attached to an aromatic ring is 1. The van der Waals surface area contributed by atoms with Crippen LogP contribution in [0.25, 0.3) is 0 Å². The van der Waals surface area contributed by atoms with Gasteiger partial charge >= 0.3 is 0 Å². The second-order valence-corrected chi connectivity index (χ2v) is 3.71. The molecule has 0 spiro atoms. The highest BCUT2D eigenvalue weighted by Crippen LogP contribution is 2.24. The van der Waals surface area contributed by atoms with E-state index in [1.54, 1.807) is 30.3 Å². The summed E-state index contributed by atoms with van der Waals surface area (Å²) in [6.07, 6.45) is 0. The number of nitrogens with two attached hydrogens (primary N) is 1. The quantitative estimate of drug-likeness (QED) is 0.713. The SMILES string of the molecule is Nc1cccc(O)c1CNc1cccc(F)c1. The van der Waals surface area contributed by atoms with Crippen molar-refractivity contribution in [2.45, 2.75) is 6.54 Å². The van der Waals surface area contributed by atoms with Gasteiger partial charge in [0.25, 0.3) is 0 Å². The summed E-state index contributed by atoms with van der Waals surface area (Å²) in [6.45, 7) is 0.349. The fraction of sp³-hybridized carbons (Fsp3) is 0.0769. The van der Waals surface area contributed by atoms with Crippen molar-refractivity contribution in [1.29, 1.82) is 0 Å². The predicted octanol–water partition coefficient (Wildman–Crippen LogP) is 2.73. The first-order chi connectivity index (χ1) is 8.16. The molecule has 0 aliphatic rings. The van der Waals surface area contributed by atoms with Crippen molar-refractivity contribution in [3.8, 4) is 5.75 Å². The zero-order valence-corrected chi connectivity index (χ0v) is 9.15. The van der Waals surface area contributed by atoms with Crippen molar-refractivity contribution in [3.05, 3.63) is 53.8 Å². The largest absolute Gasteiger partial charge is 0.508 e. The van der Waals surface area contributed by atoms with Crippen molar-refractivity contribution in [2.75, 3.05) is 11.1 Å². The zero-order valence-electron chi connectivity index (χ0n) is 9.15. The Bertz CT molecular complexity index is 508. The van der Waals surface area contributed by atoms with Crippen LogP contribution < -0.4 is 11.1 Å². The summed E-state index contributed by atoms with van der Waals surface area (Å²) in [7, 11) is 0. The number of rotatable bonds is 3. The molecule has 0 saturated heterocycles. The Morgan fingerprint density at radius 1 is 1.18 bits per heavy atom. The number of phenols is 1. The van der Waals surface area contributed by atoms with E-state index in [4.69, 9.17) is 5.73 Å². The Balaban J connectivity index is 2.13. The van der Waals surface area contributed by atoms with Gasteiger partial charge in [-0.25, -0.2) is 4.39 Å². The lowest BCUT2D eigenvalue weighted by molar-refractivity contribution is 0.469. The first-order valence-corrected chi connectivity index (χ1v) is 5.22. The Labute approximate surface area is 98.7 Å². The lowest BCUT2D eigenvalue weighted by Crippen LogP contribution is -2.03. The topological polar surface area (TPSA) is 58.3 Å². The van der Waals surface area contributed by atoms with Crippen LogP contribution in [0, 0.1) is 5.82 Å². The molecule has 0 saturated carbocycles. The number of benzene rings is 2. The zero-order chi connectivity index (χ0) is 12.3. The van der Waals surface area contributed by atoms with Crippen molar-refractivity contribution in [2.24, 2.45) is 0 Å². The number of halogens is 1. The standard InChI is InChI=1S/C13H13FN2O/c14-9-3-1-4-10(7-9)16-8-11-12(15)5-2-6-13(11)17/h1-7,16-17H,8,15H2. The molecule has 0 heterocycles. The van der Waals surface area contributed by atoms with E-state index in [-0.39, 0.29) is 11.6 Å². The van der Waals surface area contributed by atoms with Gasteiger partial charge < -0.3 is 16.2 Å². The summed E-state index contributed by atoms with van der Waals surface area (Å²) < 4.78 is 12.9. The number of nitrogens with one attached hydrogen (secondary N) is 1. The third-order valence-electron chi connectivity index (χ3n) is 2.48. The highest BCUT2D eigenvalue weighted by molar-refractivity contribution is 5.55. The van der Waals surface area contributed by atoms with E-state index >= 15 is 0 Å².